The van der Waals surface area contributed by atoms with Gasteiger partial charge >= 0.3 is 5.97 Å². The minimum atomic E-state index is -0.872. The molecule has 0 aliphatic heterocycles. The van der Waals surface area contributed by atoms with Gasteiger partial charge in [-0.2, -0.15) is 0 Å². The zero-order chi connectivity index (χ0) is 15.1. The number of ketones is 1. The highest BCUT2D eigenvalue weighted by Crippen LogP contribution is 2.24. The van der Waals surface area contributed by atoms with Gasteiger partial charge in [-0.15, -0.1) is 0 Å². The average Bonchev–Trinajstić information content (AvgIpc) is 2.49. The Hall–Kier alpha value is -2.42. The van der Waals surface area contributed by atoms with Gasteiger partial charge in [-0.3, -0.25) is 9.59 Å². The minimum Gasteiger partial charge on any atom is -0.481 e. The minimum absolute atomic E-state index is 0.0000899. The molecule has 1 N–H and O–H groups in total. The standard InChI is InChI=1S/C18H18O3/c19-17(13-14-7-3-1-4-8-14)16(11-12-18(20)21)15-9-5-2-6-10-15/h1-10,16H,11-13H2,(H,20,21). The monoisotopic (exact) mass is 282 g/mol. The molecular weight excluding hydrogens is 264 g/mol. The van der Waals surface area contributed by atoms with Crippen LogP contribution in [-0.2, 0) is 16.0 Å². The lowest BCUT2D eigenvalue weighted by Gasteiger charge is -2.15. The maximum absolute atomic E-state index is 12.5. The van der Waals surface area contributed by atoms with Crippen LogP contribution in [0.4, 0.5) is 0 Å². The Bertz CT molecular complexity index is 590. The van der Waals surface area contributed by atoms with Crippen molar-refractivity contribution in [3.63, 3.8) is 0 Å². The summed E-state index contributed by atoms with van der Waals surface area (Å²) in [5, 5.41) is 8.87. The van der Waals surface area contributed by atoms with Gasteiger partial charge in [-0.1, -0.05) is 60.7 Å². The van der Waals surface area contributed by atoms with E-state index in [0.717, 1.165) is 11.1 Å². The van der Waals surface area contributed by atoms with Crippen molar-refractivity contribution in [2.75, 3.05) is 0 Å². The van der Waals surface area contributed by atoms with Gasteiger partial charge in [0.25, 0.3) is 0 Å². The number of Topliss-reactive ketones (excluding diaryl/α,β-unsaturated/α-hetero) is 1. The molecule has 0 aliphatic carbocycles. The lowest BCUT2D eigenvalue weighted by atomic mass is 9.87. The van der Waals surface area contributed by atoms with E-state index in [0.29, 0.717) is 12.8 Å². The number of carbonyl (C=O) groups excluding carboxylic acids is 1. The molecule has 0 aromatic heterocycles. The fourth-order valence-electron chi connectivity index (χ4n) is 2.39. The van der Waals surface area contributed by atoms with E-state index in [-0.39, 0.29) is 18.1 Å². The topological polar surface area (TPSA) is 54.4 Å². The number of aliphatic carboxylic acids is 1. The summed E-state index contributed by atoms with van der Waals surface area (Å²) in [6.45, 7) is 0. The summed E-state index contributed by atoms with van der Waals surface area (Å²) in [7, 11) is 0. The Kier molecular flexibility index (Phi) is 5.27. The molecule has 0 amide bonds. The zero-order valence-corrected chi connectivity index (χ0v) is 11.7. The molecule has 3 nitrogen and oxygen atoms in total. The van der Waals surface area contributed by atoms with Crippen molar-refractivity contribution in [2.45, 2.75) is 25.2 Å². The van der Waals surface area contributed by atoms with Crippen LogP contribution in [0.3, 0.4) is 0 Å². The van der Waals surface area contributed by atoms with Gasteiger partial charge in [0, 0.05) is 18.8 Å². The largest absolute Gasteiger partial charge is 0.481 e. The Labute approximate surface area is 124 Å². The lowest BCUT2D eigenvalue weighted by Crippen LogP contribution is -2.16. The van der Waals surface area contributed by atoms with Crippen LogP contribution < -0.4 is 0 Å². The molecule has 2 aromatic rings. The smallest absolute Gasteiger partial charge is 0.303 e. The van der Waals surface area contributed by atoms with Gasteiger partial charge in [0.05, 0.1) is 0 Å². The van der Waals surface area contributed by atoms with Gasteiger partial charge < -0.3 is 5.11 Å². The molecule has 1 unspecified atom stereocenters. The molecule has 1 atom stereocenters. The summed E-state index contributed by atoms with van der Waals surface area (Å²) in [6.07, 6.45) is 0.672. The molecule has 2 aromatic carbocycles. The van der Waals surface area contributed by atoms with Crippen LogP contribution in [0.25, 0.3) is 0 Å². The third-order valence-electron chi connectivity index (χ3n) is 3.46. The molecule has 0 radical (unpaired) electrons. The molecule has 21 heavy (non-hydrogen) atoms. The van der Waals surface area contributed by atoms with Gasteiger partial charge in [0.1, 0.15) is 5.78 Å². The molecule has 0 bridgehead atoms. The van der Waals surface area contributed by atoms with E-state index in [1.54, 1.807) is 0 Å². The Morgan fingerprint density at radius 3 is 2.05 bits per heavy atom. The highest BCUT2D eigenvalue weighted by Gasteiger charge is 2.21. The lowest BCUT2D eigenvalue weighted by molar-refractivity contribution is -0.137. The van der Waals surface area contributed by atoms with Crippen molar-refractivity contribution in [1.29, 1.82) is 0 Å². The van der Waals surface area contributed by atoms with Crippen molar-refractivity contribution in [3.8, 4) is 0 Å². The van der Waals surface area contributed by atoms with Crippen LogP contribution in [0.2, 0.25) is 0 Å². The number of hydrogen-bond acceptors (Lipinski definition) is 2. The van der Waals surface area contributed by atoms with Crippen LogP contribution in [0.5, 0.6) is 0 Å². The molecule has 0 fully saturated rings. The predicted molar refractivity (Wildman–Crippen MR) is 81.2 cm³/mol. The fraction of sp³-hybridized carbons (Fsp3) is 0.222. The second-order valence-electron chi connectivity index (χ2n) is 5.02. The van der Waals surface area contributed by atoms with Crippen molar-refractivity contribution in [1.82, 2.24) is 0 Å². The van der Waals surface area contributed by atoms with E-state index in [1.165, 1.54) is 0 Å². The summed E-state index contributed by atoms with van der Waals surface area (Å²) in [5.41, 5.74) is 1.85. The number of carboxylic acid groups (broad SMARTS) is 1. The number of rotatable bonds is 7. The molecule has 0 heterocycles. The SMILES string of the molecule is O=C(O)CCC(C(=O)Cc1ccccc1)c1ccccc1. The molecule has 108 valence electrons. The van der Waals surface area contributed by atoms with E-state index < -0.39 is 5.97 Å². The van der Waals surface area contributed by atoms with E-state index >= 15 is 0 Å². The molecule has 3 heteroatoms. The molecule has 0 saturated heterocycles. The molecule has 0 spiro atoms. The van der Waals surface area contributed by atoms with Crippen molar-refractivity contribution in [3.05, 3.63) is 71.8 Å². The van der Waals surface area contributed by atoms with Gasteiger partial charge in [-0.25, -0.2) is 0 Å². The normalized spacial score (nSPS) is 11.8. The van der Waals surface area contributed by atoms with Crippen LogP contribution in [-0.4, -0.2) is 16.9 Å². The first-order valence-corrected chi connectivity index (χ1v) is 7.00. The van der Waals surface area contributed by atoms with Crippen LogP contribution in [0, 0.1) is 0 Å². The third kappa shape index (κ3) is 4.56. The fourth-order valence-corrected chi connectivity index (χ4v) is 2.39. The maximum Gasteiger partial charge on any atom is 0.303 e. The first-order chi connectivity index (χ1) is 10.2. The van der Waals surface area contributed by atoms with Crippen LogP contribution >= 0.6 is 0 Å². The maximum atomic E-state index is 12.5. The Morgan fingerprint density at radius 1 is 0.905 bits per heavy atom. The zero-order valence-electron chi connectivity index (χ0n) is 11.7. The second kappa shape index (κ2) is 7.39. The Balaban J connectivity index is 2.14. The number of hydrogen-bond donors (Lipinski definition) is 1. The predicted octanol–water partition coefficient (Wildman–Crippen LogP) is 3.45. The van der Waals surface area contributed by atoms with Gasteiger partial charge in [0.2, 0.25) is 0 Å². The number of carboxylic acids is 1. The molecule has 0 saturated carbocycles. The highest BCUT2D eigenvalue weighted by molar-refractivity contribution is 5.88. The third-order valence-corrected chi connectivity index (χ3v) is 3.46. The molecule has 0 aliphatic rings. The summed E-state index contributed by atoms with van der Waals surface area (Å²) in [4.78, 5) is 23.3. The van der Waals surface area contributed by atoms with Gasteiger partial charge in [0.15, 0.2) is 0 Å². The summed E-state index contributed by atoms with van der Waals surface area (Å²) >= 11 is 0. The number of benzene rings is 2. The molecule has 2 rings (SSSR count). The summed E-state index contributed by atoms with van der Waals surface area (Å²) in [6, 6.07) is 18.9. The summed E-state index contributed by atoms with van der Waals surface area (Å²) < 4.78 is 0. The van der Waals surface area contributed by atoms with Crippen LogP contribution in [0.1, 0.15) is 29.9 Å². The first kappa shape index (κ1) is 15.0. The van der Waals surface area contributed by atoms with Crippen molar-refractivity contribution in [2.24, 2.45) is 0 Å². The van der Waals surface area contributed by atoms with Gasteiger partial charge in [-0.05, 0) is 17.5 Å². The van der Waals surface area contributed by atoms with E-state index in [9.17, 15) is 9.59 Å². The van der Waals surface area contributed by atoms with Crippen molar-refractivity contribution >= 4 is 11.8 Å². The van der Waals surface area contributed by atoms with E-state index in [4.69, 9.17) is 5.11 Å². The second-order valence-corrected chi connectivity index (χ2v) is 5.02. The molecular formula is C18H18O3. The number of carbonyl (C=O) groups is 2. The highest BCUT2D eigenvalue weighted by atomic mass is 16.4. The summed E-state index contributed by atoms with van der Waals surface area (Å²) in [5.74, 6) is -1.17. The van der Waals surface area contributed by atoms with Crippen molar-refractivity contribution < 1.29 is 14.7 Å². The van der Waals surface area contributed by atoms with E-state index in [2.05, 4.69) is 0 Å². The van der Waals surface area contributed by atoms with Crippen LogP contribution in [0.15, 0.2) is 60.7 Å². The first-order valence-electron chi connectivity index (χ1n) is 7.00. The average molecular weight is 282 g/mol. The quantitative estimate of drug-likeness (QED) is 0.846. The van der Waals surface area contributed by atoms with E-state index in [1.807, 2.05) is 60.7 Å². The Morgan fingerprint density at radius 2 is 1.48 bits per heavy atom.